The summed E-state index contributed by atoms with van der Waals surface area (Å²) in [4.78, 5) is 16.7. The second kappa shape index (κ2) is 6.56. The van der Waals surface area contributed by atoms with E-state index >= 15 is 0 Å². The van der Waals surface area contributed by atoms with E-state index in [-0.39, 0.29) is 12.5 Å². The van der Waals surface area contributed by atoms with Crippen LogP contribution in [0.5, 0.6) is 0 Å². The van der Waals surface area contributed by atoms with Gasteiger partial charge in [0.2, 0.25) is 0 Å². The molecule has 20 heavy (non-hydrogen) atoms. The van der Waals surface area contributed by atoms with Gasteiger partial charge in [-0.05, 0) is 26.1 Å². The van der Waals surface area contributed by atoms with E-state index in [1.165, 1.54) is 0 Å². The molecule has 4 heteroatoms. The number of nitrogens with zero attached hydrogens (tertiary/aromatic N) is 2. The number of benzene rings is 1. The van der Waals surface area contributed by atoms with Crippen molar-refractivity contribution >= 4 is 5.91 Å². The lowest BCUT2D eigenvalue weighted by Crippen LogP contribution is -2.47. The Hall–Kier alpha value is -1.83. The van der Waals surface area contributed by atoms with Gasteiger partial charge in [-0.15, -0.1) is 0 Å². The minimum Gasteiger partial charge on any atom is -0.384 e. The van der Waals surface area contributed by atoms with E-state index in [4.69, 9.17) is 5.11 Å². The molecule has 1 aliphatic heterocycles. The number of carbonyl (C=O) groups excluding carboxylic acids is 1. The summed E-state index contributed by atoms with van der Waals surface area (Å²) < 4.78 is 0. The molecule has 0 aromatic heterocycles. The lowest BCUT2D eigenvalue weighted by Gasteiger charge is -2.32. The van der Waals surface area contributed by atoms with Crippen LogP contribution in [-0.4, -0.2) is 60.6 Å². The number of aliphatic hydroxyl groups excluding tert-OH is 1. The molecule has 4 nitrogen and oxygen atoms in total. The van der Waals surface area contributed by atoms with Crippen LogP contribution in [-0.2, 0) is 0 Å². The summed E-state index contributed by atoms with van der Waals surface area (Å²) in [6.45, 7) is 5.05. The van der Waals surface area contributed by atoms with Crippen LogP contribution in [0.1, 0.15) is 21.5 Å². The smallest absolute Gasteiger partial charge is 0.255 e. The maximum atomic E-state index is 12.6. The topological polar surface area (TPSA) is 43.8 Å². The normalized spacial score (nSPS) is 15.7. The van der Waals surface area contributed by atoms with E-state index in [0.717, 1.165) is 31.7 Å². The zero-order chi connectivity index (χ0) is 14.5. The molecule has 0 aliphatic carbocycles. The fourth-order valence-corrected chi connectivity index (χ4v) is 2.26. The molecule has 0 saturated carbocycles. The van der Waals surface area contributed by atoms with Gasteiger partial charge in [0.25, 0.3) is 5.91 Å². The summed E-state index contributed by atoms with van der Waals surface area (Å²) in [5.74, 6) is 5.51. The number of aryl methyl sites for hydroxylation is 1. The van der Waals surface area contributed by atoms with Crippen LogP contribution in [0.4, 0.5) is 0 Å². The summed E-state index contributed by atoms with van der Waals surface area (Å²) >= 11 is 0. The van der Waals surface area contributed by atoms with E-state index < -0.39 is 0 Å². The van der Waals surface area contributed by atoms with Crippen LogP contribution in [0.3, 0.4) is 0 Å². The molecule has 0 bridgehead atoms. The predicted octanol–water partition coefficient (Wildman–Crippen LogP) is 0.726. The predicted molar refractivity (Wildman–Crippen MR) is 78.5 cm³/mol. The summed E-state index contributed by atoms with van der Waals surface area (Å²) in [6.07, 6.45) is 0. The Morgan fingerprint density at radius 1 is 1.30 bits per heavy atom. The minimum absolute atomic E-state index is 0.0315. The number of aliphatic hydroxyl groups is 1. The van der Waals surface area contributed by atoms with Gasteiger partial charge < -0.3 is 14.9 Å². The lowest BCUT2D eigenvalue weighted by molar-refractivity contribution is 0.0663. The Balaban J connectivity index is 2.26. The lowest BCUT2D eigenvalue weighted by atomic mass is 10.0. The molecule has 1 saturated heterocycles. The minimum atomic E-state index is -0.198. The van der Waals surface area contributed by atoms with Gasteiger partial charge in [-0.2, -0.15) is 0 Å². The first-order chi connectivity index (χ1) is 9.61. The molecular weight excluding hydrogens is 252 g/mol. The van der Waals surface area contributed by atoms with Crippen molar-refractivity contribution in [3.8, 4) is 11.8 Å². The number of piperazine rings is 1. The molecule has 1 fully saturated rings. The Labute approximate surface area is 120 Å². The van der Waals surface area contributed by atoms with Crippen molar-refractivity contribution in [2.24, 2.45) is 0 Å². The van der Waals surface area contributed by atoms with Crippen molar-refractivity contribution in [2.45, 2.75) is 6.92 Å². The monoisotopic (exact) mass is 272 g/mol. The first-order valence-corrected chi connectivity index (χ1v) is 6.80. The van der Waals surface area contributed by atoms with Gasteiger partial charge in [0.15, 0.2) is 0 Å². The Morgan fingerprint density at radius 3 is 2.65 bits per heavy atom. The van der Waals surface area contributed by atoms with Gasteiger partial charge in [-0.3, -0.25) is 4.79 Å². The van der Waals surface area contributed by atoms with E-state index in [1.807, 2.05) is 30.0 Å². The first kappa shape index (κ1) is 14.6. The maximum absolute atomic E-state index is 12.6. The average molecular weight is 272 g/mol. The molecule has 1 aromatic carbocycles. The van der Waals surface area contributed by atoms with Crippen LogP contribution in [0.25, 0.3) is 0 Å². The third-order valence-electron chi connectivity index (χ3n) is 3.50. The molecule has 2 rings (SSSR count). The van der Waals surface area contributed by atoms with Gasteiger partial charge >= 0.3 is 0 Å². The van der Waals surface area contributed by atoms with Gasteiger partial charge in [-0.25, -0.2) is 0 Å². The fraction of sp³-hybridized carbons (Fsp3) is 0.438. The summed E-state index contributed by atoms with van der Waals surface area (Å²) in [6, 6.07) is 5.66. The third-order valence-corrected chi connectivity index (χ3v) is 3.50. The highest BCUT2D eigenvalue weighted by atomic mass is 16.2. The molecule has 0 unspecified atom stereocenters. The summed E-state index contributed by atoms with van der Waals surface area (Å²) in [7, 11) is 2.06. The van der Waals surface area contributed by atoms with Crippen molar-refractivity contribution in [3.63, 3.8) is 0 Å². The number of likely N-dealkylation sites (N-methyl/N-ethyl adjacent to an activating group) is 1. The summed E-state index contributed by atoms with van der Waals surface area (Å²) in [5, 5.41) is 8.82. The van der Waals surface area contributed by atoms with Crippen molar-refractivity contribution in [3.05, 3.63) is 34.9 Å². The highest BCUT2D eigenvalue weighted by Gasteiger charge is 2.22. The molecule has 1 amide bonds. The molecule has 0 atom stereocenters. The molecule has 0 radical (unpaired) electrons. The molecule has 0 spiro atoms. The largest absolute Gasteiger partial charge is 0.384 e. The average Bonchev–Trinajstić information content (AvgIpc) is 2.46. The van der Waals surface area contributed by atoms with Crippen LogP contribution in [0.15, 0.2) is 18.2 Å². The van der Waals surface area contributed by atoms with Gasteiger partial charge in [0.05, 0.1) is 5.56 Å². The van der Waals surface area contributed by atoms with E-state index in [1.54, 1.807) is 0 Å². The van der Waals surface area contributed by atoms with Crippen molar-refractivity contribution < 1.29 is 9.90 Å². The second-order valence-corrected chi connectivity index (χ2v) is 5.10. The first-order valence-electron chi connectivity index (χ1n) is 6.80. The number of carbonyl (C=O) groups is 1. The van der Waals surface area contributed by atoms with E-state index in [2.05, 4.69) is 23.8 Å². The summed E-state index contributed by atoms with van der Waals surface area (Å²) in [5.41, 5.74) is 2.36. The molecule has 1 aromatic rings. The Kier molecular flexibility index (Phi) is 4.78. The number of hydrogen-bond donors (Lipinski definition) is 1. The molecule has 1 heterocycles. The quantitative estimate of drug-likeness (QED) is 0.766. The van der Waals surface area contributed by atoms with Crippen LogP contribution in [0, 0.1) is 18.8 Å². The van der Waals surface area contributed by atoms with Gasteiger partial charge in [0.1, 0.15) is 6.61 Å². The Morgan fingerprint density at radius 2 is 2.00 bits per heavy atom. The SMILES string of the molecule is Cc1ccc(C#CCO)c(C(=O)N2CCN(C)CC2)c1. The van der Waals surface area contributed by atoms with Crippen molar-refractivity contribution in [1.82, 2.24) is 9.80 Å². The standard InChI is InChI=1S/C16H20N2O2/c1-13-5-6-14(4-3-11-19)15(12-13)16(20)18-9-7-17(2)8-10-18/h5-6,12,19H,7-11H2,1-2H3. The van der Waals surface area contributed by atoms with Crippen molar-refractivity contribution in [2.75, 3.05) is 39.8 Å². The zero-order valence-electron chi connectivity index (χ0n) is 12.0. The van der Waals surface area contributed by atoms with Crippen LogP contribution >= 0.6 is 0 Å². The maximum Gasteiger partial charge on any atom is 0.255 e. The van der Waals surface area contributed by atoms with Crippen LogP contribution in [0.2, 0.25) is 0 Å². The van der Waals surface area contributed by atoms with E-state index in [0.29, 0.717) is 11.1 Å². The highest BCUT2D eigenvalue weighted by molar-refractivity contribution is 5.97. The number of hydrogen-bond acceptors (Lipinski definition) is 3. The Bertz CT molecular complexity index is 549. The fourth-order valence-electron chi connectivity index (χ4n) is 2.26. The molecule has 1 N–H and O–H groups in total. The number of amides is 1. The van der Waals surface area contributed by atoms with E-state index in [9.17, 15) is 4.79 Å². The molecule has 1 aliphatic rings. The highest BCUT2D eigenvalue weighted by Crippen LogP contribution is 2.15. The second-order valence-electron chi connectivity index (χ2n) is 5.10. The number of rotatable bonds is 1. The van der Waals surface area contributed by atoms with Crippen molar-refractivity contribution in [1.29, 1.82) is 0 Å². The molecule has 106 valence electrons. The molecular formula is C16H20N2O2. The zero-order valence-corrected chi connectivity index (χ0v) is 12.0. The van der Waals surface area contributed by atoms with Gasteiger partial charge in [-0.1, -0.05) is 23.5 Å². The third kappa shape index (κ3) is 3.38. The van der Waals surface area contributed by atoms with Gasteiger partial charge in [0, 0.05) is 31.7 Å². The van der Waals surface area contributed by atoms with Crippen LogP contribution < -0.4 is 0 Å².